The Balaban J connectivity index is 2.24. The van der Waals surface area contributed by atoms with E-state index in [1.165, 1.54) is 24.3 Å². The highest BCUT2D eigenvalue weighted by Crippen LogP contribution is 2.28. The second kappa shape index (κ2) is 7.74. The van der Waals surface area contributed by atoms with Gasteiger partial charge in [-0.25, -0.2) is 8.42 Å². The van der Waals surface area contributed by atoms with Gasteiger partial charge in [0.2, 0.25) is 15.9 Å². The van der Waals surface area contributed by atoms with Gasteiger partial charge in [0.1, 0.15) is 6.54 Å². The van der Waals surface area contributed by atoms with E-state index in [0.717, 1.165) is 10.6 Å². The molecule has 9 heteroatoms. The summed E-state index contributed by atoms with van der Waals surface area (Å²) in [6.45, 7) is -0.451. The number of anilines is 2. The molecule has 0 aliphatic heterocycles. The van der Waals surface area contributed by atoms with Crippen LogP contribution in [0.5, 0.6) is 0 Å². The first-order chi connectivity index (χ1) is 11.7. The Morgan fingerprint density at radius 2 is 1.92 bits per heavy atom. The predicted molar refractivity (Wildman–Crippen MR) is 98.4 cm³/mol. The van der Waals surface area contributed by atoms with Crippen molar-refractivity contribution in [2.45, 2.75) is 0 Å². The Morgan fingerprint density at radius 3 is 2.52 bits per heavy atom. The van der Waals surface area contributed by atoms with Crippen LogP contribution in [0.25, 0.3) is 0 Å². The molecule has 0 aliphatic rings. The molecule has 0 aromatic heterocycles. The largest absolute Gasteiger partial charge is 0.324 e. The van der Waals surface area contributed by atoms with Gasteiger partial charge < -0.3 is 5.32 Å². The number of hydrogen-bond acceptors (Lipinski definition) is 4. The fraction of sp³-hybridized carbons (Fsp3) is 0.125. The minimum absolute atomic E-state index is 0.176. The number of halogens is 2. The zero-order chi connectivity index (χ0) is 18.6. The van der Waals surface area contributed by atoms with Gasteiger partial charge >= 0.3 is 0 Å². The number of rotatable bonds is 5. The SMILES string of the molecule is CS(=O)(=O)N(CC(=O)Nc1cccc(C#N)c1)c1ccc(Cl)c(Cl)c1. The Labute approximate surface area is 155 Å². The number of amides is 1. The molecular weight excluding hydrogens is 385 g/mol. The number of carbonyl (C=O) groups excluding carboxylic acids is 1. The molecule has 25 heavy (non-hydrogen) atoms. The number of hydrogen-bond donors (Lipinski definition) is 1. The van der Waals surface area contributed by atoms with Gasteiger partial charge in [0, 0.05) is 5.69 Å². The molecule has 6 nitrogen and oxygen atoms in total. The summed E-state index contributed by atoms with van der Waals surface area (Å²) in [6.07, 6.45) is 0.985. The summed E-state index contributed by atoms with van der Waals surface area (Å²) in [5, 5.41) is 11.9. The standard InChI is InChI=1S/C16H13Cl2N3O3S/c1-25(23,24)21(13-5-6-14(17)15(18)8-13)10-16(22)20-12-4-2-3-11(7-12)9-19/h2-8H,10H2,1H3,(H,20,22). The van der Waals surface area contributed by atoms with Crippen LogP contribution in [0.3, 0.4) is 0 Å². The van der Waals surface area contributed by atoms with Crippen molar-refractivity contribution in [3.05, 3.63) is 58.1 Å². The minimum Gasteiger partial charge on any atom is -0.324 e. The molecule has 0 bridgehead atoms. The lowest BCUT2D eigenvalue weighted by molar-refractivity contribution is -0.114. The number of nitriles is 1. The highest BCUT2D eigenvalue weighted by molar-refractivity contribution is 7.92. The number of carbonyl (C=O) groups is 1. The van der Waals surface area contributed by atoms with Gasteiger partial charge in [-0.1, -0.05) is 29.3 Å². The maximum atomic E-state index is 12.2. The molecule has 2 aromatic carbocycles. The third kappa shape index (κ3) is 5.10. The van der Waals surface area contributed by atoms with Crippen LogP contribution in [0.1, 0.15) is 5.56 Å². The molecule has 0 aliphatic carbocycles. The van der Waals surface area contributed by atoms with E-state index in [2.05, 4.69) is 5.32 Å². The maximum Gasteiger partial charge on any atom is 0.245 e. The maximum absolute atomic E-state index is 12.2. The first-order valence-corrected chi connectivity index (χ1v) is 9.54. The van der Waals surface area contributed by atoms with E-state index >= 15 is 0 Å². The van der Waals surface area contributed by atoms with Gasteiger partial charge in [0.05, 0.1) is 33.6 Å². The number of nitrogens with zero attached hydrogens (tertiary/aromatic N) is 2. The van der Waals surface area contributed by atoms with E-state index in [1.807, 2.05) is 6.07 Å². The monoisotopic (exact) mass is 397 g/mol. The summed E-state index contributed by atoms with van der Waals surface area (Å²) in [4.78, 5) is 12.2. The zero-order valence-corrected chi connectivity index (χ0v) is 15.4. The van der Waals surface area contributed by atoms with Gasteiger partial charge in [0.15, 0.2) is 0 Å². The van der Waals surface area contributed by atoms with E-state index in [0.29, 0.717) is 11.3 Å². The summed E-state index contributed by atoms with van der Waals surface area (Å²) in [6, 6.07) is 12.5. The van der Waals surface area contributed by atoms with Crippen LogP contribution >= 0.6 is 23.2 Å². The van der Waals surface area contributed by atoms with Crippen molar-refractivity contribution in [1.82, 2.24) is 0 Å². The van der Waals surface area contributed by atoms with Gasteiger partial charge in [-0.3, -0.25) is 9.10 Å². The van der Waals surface area contributed by atoms with E-state index in [1.54, 1.807) is 18.2 Å². The molecule has 0 spiro atoms. The molecule has 0 unspecified atom stereocenters. The number of sulfonamides is 1. The van der Waals surface area contributed by atoms with Crippen LogP contribution in [0.15, 0.2) is 42.5 Å². The van der Waals surface area contributed by atoms with E-state index < -0.39 is 22.5 Å². The fourth-order valence-electron chi connectivity index (χ4n) is 2.04. The molecule has 2 aromatic rings. The molecule has 0 saturated carbocycles. The molecule has 0 fully saturated rings. The van der Waals surface area contributed by atoms with Crippen molar-refractivity contribution in [2.24, 2.45) is 0 Å². The first-order valence-electron chi connectivity index (χ1n) is 6.93. The van der Waals surface area contributed by atoms with Crippen LogP contribution in [-0.2, 0) is 14.8 Å². The van der Waals surface area contributed by atoms with Crippen molar-refractivity contribution < 1.29 is 13.2 Å². The van der Waals surface area contributed by atoms with Crippen molar-refractivity contribution in [3.63, 3.8) is 0 Å². The van der Waals surface area contributed by atoms with Crippen LogP contribution in [0.4, 0.5) is 11.4 Å². The summed E-state index contributed by atoms with van der Waals surface area (Å²) in [5.41, 5.74) is 0.992. The highest BCUT2D eigenvalue weighted by atomic mass is 35.5. The number of benzene rings is 2. The second-order valence-corrected chi connectivity index (χ2v) is 7.83. The van der Waals surface area contributed by atoms with Gasteiger partial charge in [0.25, 0.3) is 0 Å². The lowest BCUT2D eigenvalue weighted by atomic mass is 10.2. The summed E-state index contributed by atoms with van der Waals surface area (Å²) < 4.78 is 25.0. The van der Waals surface area contributed by atoms with E-state index in [4.69, 9.17) is 28.5 Å². The second-order valence-electron chi connectivity index (χ2n) is 5.11. The quantitative estimate of drug-likeness (QED) is 0.837. The molecule has 130 valence electrons. The third-order valence-electron chi connectivity index (χ3n) is 3.15. The number of nitrogens with one attached hydrogen (secondary N) is 1. The molecule has 1 amide bonds. The molecule has 0 atom stereocenters. The Bertz CT molecular complexity index is 955. The normalized spacial score (nSPS) is 10.8. The Hall–Kier alpha value is -2.27. The van der Waals surface area contributed by atoms with Crippen molar-refractivity contribution in [2.75, 3.05) is 22.4 Å². The smallest absolute Gasteiger partial charge is 0.245 e. The minimum atomic E-state index is -3.73. The molecule has 0 saturated heterocycles. The average Bonchev–Trinajstić information content (AvgIpc) is 2.54. The fourth-order valence-corrected chi connectivity index (χ4v) is 3.18. The topological polar surface area (TPSA) is 90.3 Å². The lowest BCUT2D eigenvalue weighted by Crippen LogP contribution is -2.37. The van der Waals surface area contributed by atoms with Gasteiger partial charge in [-0.05, 0) is 36.4 Å². The predicted octanol–water partition coefficient (Wildman–Crippen LogP) is 3.27. The summed E-state index contributed by atoms with van der Waals surface area (Å²) >= 11 is 11.8. The Kier molecular flexibility index (Phi) is 5.90. The summed E-state index contributed by atoms with van der Waals surface area (Å²) in [5.74, 6) is -0.563. The van der Waals surface area contributed by atoms with Crippen molar-refractivity contribution >= 4 is 50.5 Å². The Morgan fingerprint density at radius 1 is 1.20 bits per heavy atom. The van der Waals surface area contributed by atoms with Crippen LogP contribution in [0, 0.1) is 11.3 Å². The zero-order valence-electron chi connectivity index (χ0n) is 13.0. The van der Waals surface area contributed by atoms with Crippen LogP contribution in [-0.4, -0.2) is 27.1 Å². The average molecular weight is 398 g/mol. The molecule has 2 rings (SSSR count). The van der Waals surface area contributed by atoms with Crippen LogP contribution in [0.2, 0.25) is 10.0 Å². The van der Waals surface area contributed by atoms with E-state index in [9.17, 15) is 13.2 Å². The lowest BCUT2D eigenvalue weighted by Gasteiger charge is -2.22. The van der Waals surface area contributed by atoms with Gasteiger partial charge in [-0.15, -0.1) is 0 Å². The molecule has 1 N–H and O–H groups in total. The molecular formula is C16H13Cl2N3O3S. The molecule has 0 heterocycles. The van der Waals surface area contributed by atoms with E-state index in [-0.39, 0.29) is 15.7 Å². The first kappa shape index (κ1) is 19.1. The van der Waals surface area contributed by atoms with Crippen molar-refractivity contribution in [3.8, 4) is 6.07 Å². The van der Waals surface area contributed by atoms with Crippen molar-refractivity contribution in [1.29, 1.82) is 5.26 Å². The third-order valence-corrected chi connectivity index (χ3v) is 5.03. The molecule has 0 radical (unpaired) electrons. The highest BCUT2D eigenvalue weighted by Gasteiger charge is 2.21. The summed E-state index contributed by atoms with van der Waals surface area (Å²) in [7, 11) is -3.73. The van der Waals surface area contributed by atoms with Gasteiger partial charge in [-0.2, -0.15) is 5.26 Å². The van der Waals surface area contributed by atoms with Crippen LogP contribution < -0.4 is 9.62 Å².